The van der Waals surface area contributed by atoms with Crippen molar-refractivity contribution in [2.45, 2.75) is 258 Å². The summed E-state index contributed by atoms with van der Waals surface area (Å²) in [7, 11) is -4.39. The van der Waals surface area contributed by atoms with Crippen molar-refractivity contribution in [1.82, 2.24) is 0 Å². The van der Waals surface area contributed by atoms with Crippen LogP contribution in [-0.4, -0.2) is 49.3 Å². The topological polar surface area (TPSA) is 134 Å². The molecule has 0 fully saturated rings. The van der Waals surface area contributed by atoms with Crippen molar-refractivity contribution in [3.63, 3.8) is 0 Å². The lowest BCUT2D eigenvalue weighted by Gasteiger charge is -2.19. The molecule has 434 valence electrons. The Hall–Kier alpha value is -3.59. The Bertz CT molecular complexity index is 1660. The SMILES string of the molecule is CC/C=C\C/C=C\C/C=C\C/C=C\C/C=C\C/C=C\C/C=C\C/C=C\CCCCCCCCCCCCCCCCCCC(=O)OC(COC(=O)CCCCCCC/C=C\C/C=C\CCCC)COP(=O)(O)OCCN. The summed E-state index contributed by atoms with van der Waals surface area (Å²) in [5.41, 5.74) is 5.38. The molecule has 0 saturated carbocycles. The van der Waals surface area contributed by atoms with Gasteiger partial charge in [0.05, 0.1) is 13.2 Å². The Morgan fingerprint density at radius 2 is 0.724 bits per heavy atom. The highest BCUT2D eigenvalue weighted by Gasteiger charge is 2.26. The lowest BCUT2D eigenvalue weighted by Crippen LogP contribution is -2.29. The number of ether oxygens (including phenoxy) is 2. The van der Waals surface area contributed by atoms with E-state index >= 15 is 0 Å². The Labute approximate surface area is 466 Å². The highest BCUT2D eigenvalue weighted by molar-refractivity contribution is 7.47. The monoisotopic (exact) mass is 1080 g/mol. The molecule has 0 aliphatic rings. The van der Waals surface area contributed by atoms with E-state index in [4.69, 9.17) is 24.3 Å². The molecule has 0 aromatic rings. The number of carbonyl (C=O) groups is 2. The first-order valence-corrected chi connectivity index (χ1v) is 32.0. The Morgan fingerprint density at radius 1 is 0.408 bits per heavy atom. The van der Waals surface area contributed by atoms with Gasteiger partial charge in [-0.25, -0.2) is 4.57 Å². The second kappa shape index (κ2) is 60.6. The number of carbonyl (C=O) groups excluding carboxylic acids is 2. The van der Waals surface area contributed by atoms with Crippen molar-refractivity contribution in [1.29, 1.82) is 0 Å². The molecule has 76 heavy (non-hydrogen) atoms. The Morgan fingerprint density at radius 3 is 1.08 bits per heavy atom. The first-order chi connectivity index (χ1) is 37.3. The van der Waals surface area contributed by atoms with Gasteiger partial charge in [0.1, 0.15) is 6.61 Å². The predicted octanol–water partition coefficient (Wildman–Crippen LogP) is 19.6. The van der Waals surface area contributed by atoms with Crippen molar-refractivity contribution in [2.75, 3.05) is 26.4 Å². The van der Waals surface area contributed by atoms with Gasteiger partial charge in [0.25, 0.3) is 0 Å². The van der Waals surface area contributed by atoms with E-state index in [1.165, 1.54) is 96.3 Å². The molecule has 0 aliphatic carbocycles. The number of phosphoric acid groups is 1. The highest BCUT2D eigenvalue weighted by Crippen LogP contribution is 2.43. The van der Waals surface area contributed by atoms with Crippen LogP contribution in [0, 0.1) is 0 Å². The van der Waals surface area contributed by atoms with Crippen LogP contribution in [0.1, 0.15) is 251 Å². The van der Waals surface area contributed by atoms with Crippen LogP contribution in [0.2, 0.25) is 0 Å². The summed E-state index contributed by atoms with van der Waals surface area (Å²) in [4.78, 5) is 35.1. The van der Waals surface area contributed by atoms with Crippen molar-refractivity contribution in [3.8, 4) is 0 Å². The normalized spacial score (nSPS) is 13.9. The van der Waals surface area contributed by atoms with Gasteiger partial charge in [0.15, 0.2) is 6.10 Å². The Kier molecular flexibility index (Phi) is 57.8. The quantitative estimate of drug-likeness (QED) is 0.0264. The van der Waals surface area contributed by atoms with Crippen LogP contribution in [0.4, 0.5) is 0 Å². The standard InChI is InChI=1S/C66H112NO8P/c1-3-5-7-9-11-13-15-17-19-20-21-22-23-24-25-26-27-28-29-30-31-32-33-34-35-36-37-38-39-40-41-42-43-44-45-47-49-51-53-55-57-59-66(69)75-64(63-74-76(70,71)73-61-60-67)62-72-65(68)58-56-54-52-50-48-46-18-16-14-12-10-8-6-4-2/h5,7,10-13,16-19,21-22,24-25,27-28,30-31,33-34,64H,3-4,6,8-9,14-15,20,23,26,29,32,35-63,67H2,1-2H3,(H,70,71)/b7-5-,12-10-,13-11-,18-16-,19-17-,22-21-,25-24-,28-27-,31-30-,34-33-. The average Bonchev–Trinajstić information content (AvgIpc) is 3.41. The molecule has 0 saturated heterocycles. The maximum Gasteiger partial charge on any atom is 0.472 e. The van der Waals surface area contributed by atoms with Gasteiger partial charge in [-0.1, -0.05) is 257 Å². The van der Waals surface area contributed by atoms with Crippen LogP contribution >= 0.6 is 7.82 Å². The number of nitrogens with two attached hydrogens (primary N) is 1. The van der Waals surface area contributed by atoms with Crippen molar-refractivity contribution in [3.05, 3.63) is 122 Å². The van der Waals surface area contributed by atoms with E-state index in [2.05, 4.69) is 135 Å². The van der Waals surface area contributed by atoms with Crippen LogP contribution in [0.15, 0.2) is 122 Å². The zero-order valence-corrected chi connectivity index (χ0v) is 49.3. The number of unbranched alkanes of at least 4 members (excludes halogenated alkanes) is 23. The Balaban J connectivity index is 3.86. The molecule has 9 nitrogen and oxygen atoms in total. The third kappa shape index (κ3) is 59.7. The minimum absolute atomic E-state index is 0.0476. The van der Waals surface area contributed by atoms with E-state index in [-0.39, 0.29) is 32.6 Å². The van der Waals surface area contributed by atoms with Crippen LogP contribution in [-0.2, 0) is 32.7 Å². The lowest BCUT2D eigenvalue weighted by atomic mass is 10.0. The van der Waals surface area contributed by atoms with Crippen LogP contribution in [0.3, 0.4) is 0 Å². The van der Waals surface area contributed by atoms with Gasteiger partial charge >= 0.3 is 19.8 Å². The summed E-state index contributed by atoms with van der Waals surface area (Å²) in [5, 5.41) is 0. The number of hydrogen-bond acceptors (Lipinski definition) is 8. The molecule has 10 heteroatoms. The summed E-state index contributed by atoms with van der Waals surface area (Å²) in [6.07, 6.45) is 84.2. The number of hydrogen-bond donors (Lipinski definition) is 2. The van der Waals surface area contributed by atoms with E-state index in [1.807, 2.05) is 0 Å². The number of rotatable bonds is 56. The van der Waals surface area contributed by atoms with Gasteiger partial charge in [-0.2, -0.15) is 0 Å². The molecular formula is C66H112NO8P. The molecular weight excluding hydrogens is 966 g/mol. The van der Waals surface area contributed by atoms with Crippen molar-refractivity contribution >= 4 is 19.8 Å². The summed E-state index contributed by atoms with van der Waals surface area (Å²) in [6.45, 7) is 3.57. The molecule has 3 N–H and O–H groups in total. The third-order valence-corrected chi connectivity index (χ3v) is 13.6. The number of phosphoric ester groups is 1. The fourth-order valence-corrected chi connectivity index (χ4v) is 8.85. The molecule has 0 aliphatic heterocycles. The molecule has 0 spiro atoms. The highest BCUT2D eigenvalue weighted by atomic mass is 31.2. The second-order valence-corrected chi connectivity index (χ2v) is 21.3. The summed E-state index contributed by atoms with van der Waals surface area (Å²) in [6, 6.07) is 0. The summed E-state index contributed by atoms with van der Waals surface area (Å²) < 4.78 is 33.0. The molecule has 0 aromatic carbocycles. The van der Waals surface area contributed by atoms with Gasteiger partial charge in [0, 0.05) is 19.4 Å². The van der Waals surface area contributed by atoms with Crippen molar-refractivity contribution < 1.29 is 37.6 Å². The average molecular weight is 1080 g/mol. The van der Waals surface area contributed by atoms with Gasteiger partial charge < -0.3 is 20.1 Å². The van der Waals surface area contributed by atoms with Gasteiger partial charge in [0.2, 0.25) is 0 Å². The second-order valence-electron chi connectivity index (χ2n) is 19.8. The molecule has 2 atom stereocenters. The van der Waals surface area contributed by atoms with Gasteiger partial charge in [-0.15, -0.1) is 0 Å². The van der Waals surface area contributed by atoms with Crippen molar-refractivity contribution in [2.24, 2.45) is 5.73 Å². The lowest BCUT2D eigenvalue weighted by molar-refractivity contribution is -0.161. The molecule has 0 radical (unpaired) electrons. The van der Waals surface area contributed by atoms with E-state index in [0.29, 0.717) is 12.8 Å². The smallest absolute Gasteiger partial charge is 0.462 e. The molecule has 0 bridgehead atoms. The molecule has 0 aromatic heterocycles. The zero-order chi connectivity index (χ0) is 55.2. The first-order valence-electron chi connectivity index (χ1n) is 30.5. The van der Waals surface area contributed by atoms with Crippen LogP contribution in [0.5, 0.6) is 0 Å². The molecule has 0 heterocycles. The molecule has 0 rings (SSSR count). The fraction of sp³-hybridized carbons (Fsp3) is 0.667. The maximum atomic E-state index is 12.7. The molecule has 2 unspecified atom stereocenters. The summed E-state index contributed by atoms with van der Waals surface area (Å²) >= 11 is 0. The third-order valence-electron chi connectivity index (χ3n) is 12.6. The zero-order valence-electron chi connectivity index (χ0n) is 48.4. The summed E-state index contributed by atoms with van der Waals surface area (Å²) in [5.74, 6) is -0.845. The minimum Gasteiger partial charge on any atom is -0.462 e. The predicted molar refractivity (Wildman–Crippen MR) is 325 cm³/mol. The van der Waals surface area contributed by atoms with Gasteiger partial charge in [-0.3, -0.25) is 18.6 Å². The van der Waals surface area contributed by atoms with E-state index in [1.54, 1.807) is 0 Å². The largest absolute Gasteiger partial charge is 0.472 e. The van der Waals surface area contributed by atoms with E-state index < -0.39 is 32.5 Å². The van der Waals surface area contributed by atoms with Crippen LogP contribution in [0.25, 0.3) is 0 Å². The first kappa shape index (κ1) is 72.4. The fourth-order valence-electron chi connectivity index (χ4n) is 8.08. The van der Waals surface area contributed by atoms with E-state index in [9.17, 15) is 19.0 Å². The minimum atomic E-state index is -4.39. The maximum absolute atomic E-state index is 12.7. The van der Waals surface area contributed by atoms with E-state index in [0.717, 1.165) is 116 Å². The van der Waals surface area contributed by atoms with Gasteiger partial charge in [-0.05, 0) is 103 Å². The molecule has 0 amide bonds. The number of esters is 2. The number of allylic oxidation sites excluding steroid dienone is 20. The van der Waals surface area contributed by atoms with Crippen LogP contribution < -0.4 is 5.73 Å².